The van der Waals surface area contributed by atoms with Crippen molar-refractivity contribution in [1.29, 1.82) is 0 Å². The third-order valence-electron chi connectivity index (χ3n) is 5.93. The first-order chi connectivity index (χ1) is 15.1. The van der Waals surface area contributed by atoms with Gasteiger partial charge in [0.05, 0.1) is 17.6 Å². The van der Waals surface area contributed by atoms with E-state index in [4.69, 9.17) is 11.6 Å². The zero-order valence-electron chi connectivity index (χ0n) is 17.6. The lowest BCUT2D eigenvalue weighted by Gasteiger charge is -2.20. The normalized spacial score (nSPS) is 15.0. The lowest BCUT2D eigenvalue weighted by Crippen LogP contribution is -2.36. The first-order valence-corrected chi connectivity index (χ1v) is 11.4. The molecule has 1 saturated heterocycles. The molecule has 5 nitrogen and oxygen atoms in total. The molecule has 1 N–H and O–H groups in total. The van der Waals surface area contributed by atoms with Crippen LogP contribution in [0.15, 0.2) is 59.4 Å². The molecule has 1 aliphatic rings. The van der Waals surface area contributed by atoms with Crippen molar-refractivity contribution in [2.24, 2.45) is 0 Å². The van der Waals surface area contributed by atoms with Crippen LogP contribution in [-0.2, 0) is 6.54 Å². The van der Waals surface area contributed by atoms with Gasteiger partial charge in [-0.25, -0.2) is 0 Å². The number of nitrogens with zero attached hydrogens (tertiary/aromatic N) is 2. The number of likely N-dealkylation sites (tertiary alicyclic amines) is 1. The largest absolute Gasteiger partial charge is 0.351 e. The lowest BCUT2D eigenvalue weighted by atomic mass is 10.1. The molecule has 2 aromatic carbocycles. The summed E-state index contributed by atoms with van der Waals surface area (Å²) in [6, 6.07) is 16.5. The summed E-state index contributed by atoms with van der Waals surface area (Å²) in [5.74, 6) is -0.193. The summed E-state index contributed by atoms with van der Waals surface area (Å²) in [6.07, 6.45) is 5.04. The molecule has 31 heavy (non-hydrogen) atoms. The first-order valence-electron chi connectivity index (χ1n) is 11.0. The molecular formula is C25H28ClN3O2. The van der Waals surface area contributed by atoms with Gasteiger partial charge in [0.2, 0.25) is 0 Å². The van der Waals surface area contributed by atoms with Crippen molar-refractivity contribution in [2.45, 2.75) is 32.2 Å². The number of pyridine rings is 1. The number of benzene rings is 2. The minimum atomic E-state index is -0.193. The van der Waals surface area contributed by atoms with Crippen LogP contribution in [0.3, 0.4) is 0 Å². The predicted octanol–water partition coefficient (Wildman–Crippen LogP) is 4.31. The highest BCUT2D eigenvalue weighted by Gasteiger charge is 2.15. The van der Waals surface area contributed by atoms with E-state index in [0.717, 1.165) is 36.1 Å². The van der Waals surface area contributed by atoms with Crippen LogP contribution in [0.4, 0.5) is 0 Å². The number of nitrogens with one attached hydrogen (secondary N) is 1. The van der Waals surface area contributed by atoms with Crippen LogP contribution in [0.25, 0.3) is 10.9 Å². The Kier molecular flexibility index (Phi) is 7.05. The smallest absolute Gasteiger partial charge is 0.252 e. The van der Waals surface area contributed by atoms with Crippen LogP contribution < -0.4 is 10.9 Å². The maximum Gasteiger partial charge on any atom is 0.252 e. The summed E-state index contributed by atoms with van der Waals surface area (Å²) >= 11 is 5.98. The predicted molar refractivity (Wildman–Crippen MR) is 126 cm³/mol. The van der Waals surface area contributed by atoms with E-state index >= 15 is 0 Å². The molecule has 4 rings (SSSR count). The van der Waals surface area contributed by atoms with Crippen molar-refractivity contribution in [3.8, 4) is 0 Å². The van der Waals surface area contributed by atoms with Gasteiger partial charge in [-0.15, -0.1) is 0 Å². The number of hydrogen-bond donors (Lipinski definition) is 1. The van der Waals surface area contributed by atoms with Crippen LogP contribution in [-0.4, -0.2) is 41.6 Å². The molecule has 2 heterocycles. The van der Waals surface area contributed by atoms with Crippen molar-refractivity contribution in [1.82, 2.24) is 14.8 Å². The zero-order valence-corrected chi connectivity index (χ0v) is 18.4. The summed E-state index contributed by atoms with van der Waals surface area (Å²) < 4.78 is 1.70. The summed E-state index contributed by atoms with van der Waals surface area (Å²) in [6.45, 7) is 4.05. The molecule has 3 aromatic rings. The first kappa shape index (κ1) is 21.6. The number of aromatic nitrogens is 1. The van der Waals surface area contributed by atoms with Crippen LogP contribution in [0.2, 0.25) is 5.02 Å². The highest BCUT2D eigenvalue weighted by atomic mass is 35.5. The SMILES string of the molecule is O=C(NCCN1CCCCCC1)c1cc(=O)n(Cc2ccc(Cl)cc2)c2ccccc12. The molecule has 162 valence electrons. The van der Waals surface area contributed by atoms with Gasteiger partial charge in [0.15, 0.2) is 0 Å². The maximum atomic E-state index is 12.9. The Bertz CT molecular complexity index is 1100. The number of amides is 1. The number of carbonyl (C=O) groups excluding carboxylic acids is 1. The molecule has 0 saturated carbocycles. The monoisotopic (exact) mass is 437 g/mol. The van der Waals surface area contributed by atoms with E-state index in [1.807, 2.05) is 48.5 Å². The van der Waals surface area contributed by atoms with Crippen molar-refractivity contribution < 1.29 is 4.79 Å². The van der Waals surface area contributed by atoms with Gasteiger partial charge in [-0.2, -0.15) is 0 Å². The molecule has 0 bridgehead atoms. The molecule has 0 atom stereocenters. The molecule has 0 unspecified atom stereocenters. The summed E-state index contributed by atoms with van der Waals surface area (Å²) in [4.78, 5) is 28.3. The van der Waals surface area contributed by atoms with E-state index in [9.17, 15) is 9.59 Å². The average molecular weight is 438 g/mol. The van der Waals surface area contributed by atoms with Crippen LogP contribution in [0.1, 0.15) is 41.6 Å². The minimum Gasteiger partial charge on any atom is -0.351 e. The topological polar surface area (TPSA) is 54.3 Å². The third-order valence-corrected chi connectivity index (χ3v) is 6.18. The average Bonchev–Trinajstić information content (AvgIpc) is 3.05. The van der Waals surface area contributed by atoms with Crippen molar-refractivity contribution in [2.75, 3.05) is 26.2 Å². The van der Waals surface area contributed by atoms with Crippen molar-refractivity contribution >= 4 is 28.4 Å². The second kappa shape index (κ2) is 10.1. The van der Waals surface area contributed by atoms with Gasteiger partial charge in [0.25, 0.3) is 11.5 Å². The Hall–Kier alpha value is -2.63. The number of para-hydroxylation sites is 1. The lowest BCUT2D eigenvalue weighted by molar-refractivity contribution is 0.0950. The molecular weight excluding hydrogens is 410 g/mol. The highest BCUT2D eigenvalue weighted by molar-refractivity contribution is 6.30. The second-order valence-electron chi connectivity index (χ2n) is 8.14. The molecule has 1 fully saturated rings. The number of hydrogen-bond acceptors (Lipinski definition) is 3. The molecule has 1 aromatic heterocycles. The summed E-state index contributed by atoms with van der Waals surface area (Å²) in [5, 5.41) is 4.46. The number of carbonyl (C=O) groups is 1. The Morgan fingerprint density at radius 2 is 1.68 bits per heavy atom. The van der Waals surface area contributed by atoms with Crippen LogP contribution in [0, 0.1) is 0 Å². The Morgan fingerprint density at radius 3 is 2.42 bits per heavy atom. The zero-order chi connectivity index (χ0) is 21.6. The minimum absolute atomic E-state index is 0.189. The van der Waals surface area contributed by atoms with Gasteiger partial charge >= 0.3 is 0 Å². The van der Waals surface area contributed by atoms with E-state index in [1.54, 1.807) is 4.57 Å². The molecule has 0 aliphatic carbocycles. The van der Waals surface area contributed by atoms with Gasteiger partial charge in [0, 0.05) is 29.6 Å². The van der Waals surface area contributed by atoms with Gasteiger partial charge < -0.3 is 14.8 Å². The van der Waals surface area contributed by atoms with Crippen molar-refractivity contribution in [3.05, 3.63) is 81.1 Å². The molecule has 1 amide bonds. The third kappa shape index (κ3) is 5.35. The van der Waals surface area contributed by atoms with E-state index in [-0.39, 0.29) is 11.5 Å². The van der Waals surface area contributed by atoms with E-state index in [2.05, 4.69) is 10.2 Å². The Morgan fingerprint density at radius 1 is 0.968 bits per heavy atom. The van der Waals surface area contributed by atoms with Crippen LogP contribution >= 0.6 is 11.6 Å². The fraction of sp³-hybridized carbons (Fsp3) is 0.360. The fourth-order valence-corrected chi connectivity index (χ4v) is 4.37. The van der Waals surface area contributed by atoms with E-state index in [1.165, 1.54) is 31.7 Å². The molecule has 6 heteroatoms. The summed E-state index contributed by atoms with van der Waals surface area (Å²) in [7, 11) is 0. The van der Waals surface area contributed by atoms with Gasteiger partial charge in [0.1, 0.15) is 0 Å². The molecule has 0 spiro atoms. The quantitative estimate of drug-likeness (QED) is 0.625. The number of fused-ring (bicyclic) bond motifs is 1. The van der Waals surface area contributed by atoms with Gasteiger partial charge in [-0.05, 0) is 49.7 Å². The Labute approximate surface area is 187 Å². The molecule has 0 radical (unpaired) electrons. The highest BCUT2D eigenvalue weighted by Crippen LogP contribution is 2.19. The summed E-state index contributed by atoms with van der Waals surface area (Å²) in [5.41, 5.74) is 1.98. The maximum absolute atomic E-state index is 12.9. The second-order valence-corrected chi connectivity index (χ2v) is 8.57. The number of halogens is 1. The van der Waals surface area contributed by atoms with Gasteiger partial charge in [-0.1, -0.05) is 54.8 Å². The molecule has 1 aliphatic heterocycles. The van der Waals surface area contributed by atoms with E-state index < -0.39 is 0 Å². The Balaban J connectivity index is 1.53. The number of rotatable bonds is 6. The van der Waals surface area contributed by atoms with E-state index in [0.29, 0.717) is 23.7 Å². The van der Waals surface area contributed by atoms with Gasteiger partial charge in [-0.3, -0.25) is 9.59 Å². The fourth-order valence-electron chi connectivity index (χ4n) is 4.24. The standard InChI is InChI=1S/C25H28ClN3O2/c26-20-11-9-19(10-12-20)18-29-23-8-4-3-7-21(23)22(17-24(29)30)25(31)27-13-16-28-14-5-1-2-6-15-28/h3-4,7-12,17H,1-2,5-6,13-16,18H2,(H,27,31). The van der Waals surface area contributed by atoms with Crippen LogP contribution in [0.5, 0.6) is 0 Å². The van der Waals surface area contributed by atoms with Crippen molar-refractivity contribution in [3.63, 3.8) is 0 Å².